The van der Waals surface area contributed by atoms with Crippen molar-refractivity contribution in [3.8, 4) is 0 Å². The lowest BCUT2D eigenvalue weighted by Crippen LogP contribution is -2.59. The average molecular weight is 280 g/mol. The van der Waals surface area contributed by atoms with E-state index in [1.165, 1.54) is 51.6 Å². The van der Waals surface area contributed by atoms with Crippen molar-refractivity contribution in [1.29, 1.82) is 0 Å². The summed E-state index contributed by atoms with van der Waals surface area (Å²) in [5, 5.41) is 0. The van der Waals surface area contributed by atoms with Crippen molar-refractivity contribution in [2.45, 2.75) is 78.7 Å². The van der Waals surface area contributed by atoms with Gasteiger partial charge in [-0.25, -0.2) is 0 Å². The second-order valence-electron chi connectivity index (χ2n) is 9.29. The van der Waals surface area contributed by atoms with E-state index in [4.69, 9.17) is 5.73 Å². The molecule has 0 spiro atoms. The van der Waals surface area contributed by atoms with Crippen LogP contribution < -0.4 is 5.73 Å². The van der Waals surface area contributed by atoms with E-state index in [1.54, 1.807) is 0 Å². The molecule has 0 aromatic rings. The Morgan fingerprint density at radius 2 is 1.70 bits per heavy atom. The van der Waals surface area contributed by atoms with Crippen molar-refractivity contribution < 1.29 is 0 Å². The molecule has 0 bridgehead atoms. The van der Waals surface area contributed by atoms with Gasteiger partial charge in [-0.1, -0.05) is 34.6 Å². The van der Waals surface area contributed by atoms with Crippen LogP contribution in [0.2, 0.25) is 0 Å². The molecule has 2 N–H and O–H groups in total. The molecule has 2 aliphatic rings. The molecule has 0 amide bonds. The van der Waals surface area contributed by atoms with Gasteiger partial charge in [-0.3, -0.25) is 4.90 Å². The van der Waals surface area contributed by atoms with Crippen molar-refractivity contribution in [3.63, 3.8) is 0 Å². The van der Waals surface area contributed by atoms with Gasteiger partial charge < -0.3 is 5.73 Å². The zero-order valence-electron chi connectivity index (χ0n) is 14.5. The van der Waals surface area contributed by atoms with E-state index in [-0.39, 0.29) is 5.54 Å². The second-order valence-corrected chi connectivity index (χ2v) is 9.29. The minimum Gasteiger partial charge on any atom is -0.329 e. The molecule has 0 aromatic heterocycles. The fraction of sp³-hybridized carbons (Fsp3) is 1.00. The number of hydrogen-bond acceptors (Lipinski definition) is 2. The van der Waals surface area contributed by atoms with Crippen LogP contribution in [0.3, 0.4) is 0 Å². The number of likely N-dealkylation sites (tertiary alicyclic amines) is 1. The van der Waals surface area contributed by atoms with Crippen molar-refractivity contribution in [3.05, 3.63) is 0 Å². The molecule has 2 unspecified atom stereocenters. The number of rotatable bonds is 2. The lowest BCUT2D eigenvalue weighted by molar-refractivity contribution is -0.0111. The Kier molecular flexibility index (Phi) is 4.57. The van der Waals surface area contributed by atoms with Gasteiger partial charge in [0, 0.05) is 12.1 Å². The number of nitrogens with two attached hydrogens (primary N) is 1. The molecule has 1 aliphatic carbocycles. The van der Waals surface area contributed by atoms with Crippen LogP contribution in [0.15, 0.2) is 0 Å². The lowest BCUT2D eigenvalue weighted by Gasteiger charge is -2.53. The summed E-state index contributed by atoms with van der Waals surface area (Å²) in [6, 6.07) is 0. The summed E-state index contributed by atoms with van der Waals surface area (Å²) >= 11 is 0. The summed E-state index contributed by atoms with van der Waals surface area (Å²) in [6.45, 7) is 15.5. The molecule has 1 saturated carbocycles. The van der Waals surface area contributed by atoms with Gasteiger partial charge in [0.25, 0.3) is 0 Å². The largest absolute Gasteiger partial charge is 0.329 e. The van der Waals surface area contributed by atoms with Crippen LogP contribution >= 0.6 is 0 Å². The summed E-state index contributed by atoms with van der Waals surface area (Å²) in [6.07, 6.45) is 7.96. The van der Waals surface area contributed by atoms with Gasteiger partial charge in [0.05, 0.1) is 0 Å². The topological polar surface area (TPSA) is 29.3 Å². The van der Waals surface area contributed by atoms with Crippen molar-refractivity contribution in [2.24, 2.45) is 22.5 Å². The van der Waals surface area contributed by atoms with Gasteiger partial charge in [0.1, 0.15) is 0 Å². The van der Waals surface area contributed by atoms with Gasteiger partial charge >= 0.3 is 0 Å². The Labute approximate surface area is 126 Å². The summed E-state index contributed by atoms with van der Waals surface area (Å²) in [7, 11) is 0. The van der Waals surface area contributed by atoms with E-state index < -0.39 is 0 Å². The van der Waals surface area contributed by atoms with E-state index in [1.807, 2.05) is 0 Å². The summed E-state index contributed by atoms with van der Waals surface area (Å²) in [5.74, 6) is 0.804. The highest BCUT2D eigenvalue weighted by Gasteiger charge is 2.46. The lowest BCUT2D eigenvalue weighted by atomic mass is 9.63. The summed E-state index contributed by atoms with van der Waals surface area (Å²) < 4.78 is 0. The first-order chi connectivity index (χ1) is 9.18. The normalized spacial score (nSPS) is 38.4. The van der Waals surface area contributed by atoms with E-state index in [0.717, 1.165) is 12.5 Å². The maximum Gasteiger partial charge on any atom is 0.0339 e. The molecule has 0 aromatic carbocycles. The highest BCUT2D eigenvalue weighted by Crippen LogP contribution is 2.47. The summed E-state index contributed by atoms with van der Waals surface area (Å²) in [4.78, 5) is 2.78. The van der Waals surface area contributed by atoms with E-state index in [9.17, 15) is 0 Å². The highest BCUT2D eigenvalue weighted by atomic mass is 15.2. The maximum absolute atomic E-state index is 6.33. The average Bonchev–Trinajstić information content (AvgIpc) is 2.47. The molecule has 2 nitrogen and oxygen atoms in total. The van der Waals surface area contributed by atoms with Crippen molar-refractivity contribution in [2.75, 3.05) is 19.6 Å². The first kappa shape index (κ1) is 16.3. The molecule has 20 heavy (non-hydrogen) atoms. The molecule has 0 radical (unpaired) electrons. The van der Waals surface area contributed by atoms with Crippen LogP contribution in [0, 0.1) is 16.7 Å². The molecule has 1 saturated heterocycles. The minimum absolute atomic E-state index is 0.265. The quantitative estimate of drug-likeness (QED) is 0.827. The molecule has 2 fully saturated rings. The van der Waals surface area contributed by atoms with E-state index >= 15 is 0 Å². The SMILES string of the molecule is CC1CC(C)(C)CC(CN)(N2CCCC(C)(C)CC2)C1. The van der Waals surface area contributed by atoms with Crippen molar-refractivity contribution in [1.82, 2.24) is 4.90 Å². The Bertz CT molecular complexity index is 334. The Balaban J connectivity index is 2.17. The van der Waals surface area contributed by atoms with Gasteiger partial charge in [-0.2, -0.15) is 0 Å². The Morgan fingerprint density at radius 1 is 1.00 bits per heavy atom. The third-order valence-corrected chi connectivity index (χ3v) is 5.83. The summed E-state index contributed by atoms with van der Waals surface area (Å²) in [5.41, 5.74) is 7.55. The molecule has 1 aliphatic heterocycles. The second kappa shape index (κ2) is 5.61. The van der Waals surface area contributed by atoms with Gasteiger partial charge in [-0.15, -0.1) is 0 Å². The molecular weight excluding hydrogens is 244 g/mol. The van der Waals surface area contributed by atoms with E-state index in [0.29, 0.717) is 10.8 Å². The maximum atomic E-state index is 6.33. The Hall–Kier alpha value is -0.0800. The van der Waals surface area contributed by atoms with Gasteiger partial charge in [0.15, 0.2) is 0 Å². The predicted octanol–water partition coefficient (Wildman–Crippen LogP) is 4.04. The zero-order chi connectivity index (χ0) is 15.0. The molecule has 1 heterocycles. The van der Waals surface area contributed by atoms with Crippen LogP contribution in [-0.2, 0) is 0 Å². The van der Waals surface area contributed by atoms with Crippen LogP contribution in [0.4, 0.5) is 0 Å². The Morgan fingerprint density at radius 3 is 2.30 bits per heavy atom. The third-order valence-electron chi connectivity index (χ3n) is 5.83. The number of hydrogen-bond donors (Lipinski definition) is 1. The third kappa shape index (κ3) is 3.57. The first-order valence-electron chi connectivity index (χ1n) is 8.63. The monoisotopic (exact) mass is 280 g/mol. The molecule has 2 heteroatoms. The molecule has 2 atom stereocenters. The highest BCUT2D eigenvalue weighted by molar-refractivity contribution is 5.02. The van der Waals surface area contributed by atoms with Crippen LogP contribution in [-0.4, -0.2) is 30.1 Å². The minimum atomic E-state index is 0.265. The molecule has 2 rings (SSSR count). The van der Waals surface area contributed by atoms with Crippen LogP contribution in [0.25, 0.3) is 0 Å². The molecular formula is C18H36N2. The fourth-order valence-electron chi connectivity index (χ4n) is 5.12. The zero-order valence-corrected chi connectivity index (χ0v) is 14.5. The standard InChI is InChI=1S/C18H36N2/c1-15-11-17(4,5)13-18(12-15,14-19)20-9-6-7-16(2,3)8-10-20/h15H,6-14,19H2,1-5H3. The smallest absolute Gasteiger partial charge is 0.0339 e. The van der Waals surface area contributed by atoms with E-state index in [2.05, 4.69) is 39.5 Å². The van der Waals surface area contributed by atoms with Crippen molar-refractivity contribution >= 4 is 0 Å². The first-order valence-corrected chi connectivity index (χ1v) is 8.63. The van der Waals surface area contributed by atoms with Crippen LogP contribution in [0.1, 0.15) is 73.1 Å². The van der Waals surface area contributed by atoms with Gasteiger partial charge in [0.2, 0.25) is 0 Å². The van der Waals surface area contributed by atoms with Crippen LogP contribution in [0.5, 0.6) is 0 Å². The van der Waals surface area contributed by atoms with Gasteiger partial charge in [-0.05, 0) is 68.4 Å². The predicted molar refractivity (Wildman–Crippen MR) is 87.8 cm³/mol. The fourth-order valence-corrected chi connectivity index (χ4v) is 5.12. The number of nitrogens with zero attached hydrogens (tertiary/aromatic N) is 1. The molecule has 118 valence electrons.